The van der Waals surface area contributed by atoms with Gasteiger partial charge in [0.15, 0.2) is 5.82 Å². The Morgan fingerprint density at radius 1 is 0.966 bits per heavy atom. The molecule has 5 rings (SSSR count). The van der Waals surface area contributed by atoms with Crippen LogP contribution in [-0.4, -0.2) is 42.3 Å². The molecule has 0 aliphatic carbocycles. The second-order valence-electron chi connectivity index (χ2n) is 8.24. The van der Waals surface area contributed by atoms with Gasteiger partial charge in [-0.25, -0.2) is 9.07 Å². The Morgan fingerprint density at radius 2 is 1.66 bits per heavy atom. The first-order valence-electron chi connectivity index (χ1n) is 10.1. The molecule has 2 aromatic carbocycles. The molecule has 3 heterocycles. The fraction of sp³-hybridized carbons (Fsp3) is 0.409. The summed E-state index contributed by atoms with van der Waals surface area (Å²) >= 11 is 0. The Bertz CT molecular complexity index is 960. The molecule has 3 aromatic rings. The summed E-state index contributed by atoms with van der Waals surface area (Å²) in [5.74, 6) is 0.570. The number of fused-ring (bicyclic) bond motifs is 2. The van der Waals surface area contributed by atoms with E-state index in [9.17, 15) is 9.50 Å². The lowest BCUT2D eigenvalue weighted by Crippen LogP contribution is -2.49. The number of hydrogen-bond acceptors (Lipinski definition) is 5. The maximum Gasteiger partial charge on any atom is 0.165 e. The monoisotopic (exact) mass is 393 g/mol. The van der Waals surface area contributed by atoms with Gasteiger partial charge in [0.05, 0.1) is 18.7 Å². The van der Waals surface area contributed by atoms with Crippen LogP contribution in [0, 0.1) is 5.82 Å². The maximum atomic E-state index is 13.3. The van der Waals surface area contributed by atoms with Crippen LogP contribution in [0.15, 0.2) is 54.6 Å². The molecule has 7 heteroatoms. The van der Waals surface area contributed by atoms with Gasteiger partial charge in [-0.3, -0.25) is 4.90 Å². The fourth-order valence-electron chi connectivity index (χ4n) is 4.95. The van der Waals surface area contributed by atoms with E-state index < -0.39 is 5.60 Å². The molecule has 0 amide bonds. The molecule has 1 aromatic heterocycles. The molecular weight excluding hydrogens is 369 g/mol. The lowest BCUT2D eigenvalue weighted by atomic mass is 9.80. The quantitative estimate of drug-likeness (QED) is 0.722. The van der Waals surface area contributed by atoms with E-state index in [1.165, 1.54) is 12.1 Å². The van der Waals surface area contributed by atoms with Gasteiger partial charge in [-0.2, -0.15) is 0 Å². The van der Waals surface area contributed by atoms with Crippen molar-refractivity contribution >= 4 is 0 Å². The van der Waals surface area contributed by atoms with Crippen molar-refractivity contribution in [3.8, 4) is 0 Å². The zero-order valence-electron chi connectivity index (χ0n) is 16.2. The number of halogens is 1. The van der Waals surface area contributed by atoms with E-state index in [0.29, 0.717) is 25.9 Å². The fourth-order valence-corrected chi connectivity index (χ4v) is 4.95. The standard InChI is InChI=1S/C22H24FN5O/c23-18-8-6-17(7-9-18)22(29)12-19-10-11-20(13-22)27(19)15-21-24-25-26-28(21)14-16-4-2-1-3-5-16/h1-9,19-20,29H,10-15H2/t19-,20+,22?. The molecule has 2 fully saturated rings. The van der Waals surface area contributed by atoms with Crippen LogP contribution in [0.2, 0.25) is 0 Å². The lowest BCUT2D eigenvalue weighted by molar-refractivity contribution is -0.0604. The van der Waals surface area contributed by atoms with E-state index in [1.54, 1.807) is 12.1 Å². The van der Waals surface area contributed by atoms with Crippen LogP contribution in [0.3, 0.4) is 0 Å². The Balaban J connectivity index is 1.32. The highest BCUT2D eigenvalue weighted by Crippen LogP contribution is 2.46. The third-order valence-electron chi connectivity index (χ3n) is 6.40. The van der Waals surface area contributed by atoms with Gasteiger partial charge < -0.3 is 5.11 Å². The van der Waals surface area contributed by atoms with Gasteiger partial charge in [0.2, 0.25) is 0 Å². The van der Waals surface area contributed by atoms with Crippen LogP contribution in [0.25, 0.3) is 0 Å². The number of rotatable bonds is 5. The third kappa shape index (κ3) is 3.56. The van der Waals surface area contributed by atoms with Crippen molar-refractivity contribution in [3.63, 3.8) is 0 Å². The first-order valence-corrected chi connectivity index (χ1v) is 10.1. The van der Waals surface area contributed by atoms with Gasteiger partial charge in [-0.1, -0.05) is 42.5 Å². The van der Waals surface area contributed by atoms with Crippen molar-refractivity contribution in [3.05, 3.63) is 77.4 Å². The van der Waals surface area contributed by atoms with E-state index in [2.05, 4.69) is 32.6 Å². The SMILES string of the molecule is OC1(c2ccc(F)cc2)C[C@H]2CC[C@@H](C1)N2Cc1nnnn1Cc1ccccc1. The second-order valence-corrected chi connectivity index (χ2v) is 8.24. The Morgan fingerprint density at radius 3 is 2.34 bits per heavy atom. The molecule has 3 atom stereocenters. The van der Waals surface area contributed by atoms with Gasteiger partial charge in [-0.15, -0.1) is 5.10 Å². The lowest BCUT2D eigenvalue weighted by Gasteiger charge is -2.43. The highest BCUT2D eigenvalue weighted by Gasteiger charge is 2.48. The van der Waals surface area contributed by atoms with Gasteiger partial charge in [0.1, 0.15) is 5.82 Å². The number of benzene rings is 2. The third-order valence-corrected chi connectivity index (χ3v) is 6.40. The molecule has 1 unspecified atom stereocenters. The first kappa shape index (κ1) is 18.4. The molecule has 6 nitrogen and oxygen atoms in total. The van der Waals surface area contributed by atoms with Crippen LogP contribution < -0.4 is 0 Å². The number of nitrogens with zero attached hydrogens (tertiary/aromatic N) is 5. The normalized spacial score (nSPS) is 26.7. The van der Waals surface area contributed by atoms with Crippen LogP contribution in [0.5, 0.6) is 0 Å². The highest BCUT2D eigenvalue weighted by atomic mass is 19.1. The van der Waals surface area contributed by atoms with E-state index in [-0.39, 0.29) is 17.9 Å². The molecule has 150 valence electrons. The van der Waals surface area contributed by atoms with Crippen molar-refractivity contribution in [2.75, 3.05) is 0 Å². The van der Waals surface area contributed by atoms with Gasteiger partial charge in [0, 0.05) is 12.1 Å². The summed E-state index contributed by atoms with van der Waals surface area (Å²) in [6, 6.07) is 17.0. The summed E-state index contributed by atoms with van der Waals surface area (Å²) in [6.07, 6.45) is 3.40. The van der Waals surface area contributed by atoms with Gasteiger partial charge in [-0.05, 0) is 59.4 Å². The van der Waals surface area contributed by atoms with E-state index in [4.69, 9.17) is 0 Å². The highest BCUT2D eigenvalue weighted by molar-refractivity contribution is 5.25. The minimum absolute atomic E-state index is 0.269. The molecule has 2 aliphatic heterocycles. The topological polar surface area (TPSA) is 67.1 Å². The molecule has 1 N–H and O–H groups in total. The van der Waals surface area contributed by atoms with Crippen LogP contribution in [0.4, 0.5) is 4.39 Å². The minimum atomic E-state index is -0.897. The summed E-state index contributed by atoms with van der Waals surface area (Å²) in [5, 5.41) is 23.6. The van der Waals surface area contributed by atoms with Crippen LogP contribution in [0.1, 0.15) is 42.6 Å². The summed E-state index contributed by atoms with van der Waals surface area (Å²) in [7, 11) is 0. The molecule has 0 spiro atoms. The van der Waals surface area contributed by atoms with Crippen LogP contribution >= 0.6 is 0 Å². The largest absolute Gasteiger partial charge is 0.385 e. The van der Waals surface area contributed by atoms with Crippen molar-refractivity contribution < 1.29 is 9.50 Å². The Kier molecular flexibility index (Phi) is 4.64. The van der Waals surface area contributed by atoms with Crippen molar-refractivity contribution in [2.45, 2.75) is 56.5 Å². The maximum absolute atomic E-state index is 13.3. The minimum Gasteiger partial charge on any atom is -0.385 e. The van der Waals surface area contributed by atoms with Crippen LogP contribution in [-0.2, 0) is 18.7 Å². The summed E-state index contributed by atoms with van der Waals surface area (Å²) in [6.45, 7) is 1.32. The molecule has 2 aliphatic rings. The first-order chi connectivity index (χ1) is 14.1. The molecule has 0 radical (unpaired) electrons. The predicted octanol–water partition coefficient (Wildman–Crippen LogP) is 2.88. The Hall–Kier alpha value is -2.64. The number of piperidine rings is 1. The van der Waals surface area contributed by atoms with Gasteiger partial charge in [0.25, 0.3) is 0 Å². The number of hydrogen-bond donors (Lipinski definition) is 1. The number of aliphatic hydroxyl groups is 1. The average Bonchev–Trinajstić information content (AvgIpc) is 3.25. The van der Waals surface area contributed by atoms with E-state index >= 15 is 0 Å². The zero-order valence-corrected chi connectivity index (χ0v) is 16.2. The summed E-state index contributed by atoms with van der Waals surface area (Å²) in [4.78, 5) is 2.44. The second kappa shape index (κ2) is 7.31. The smallest absolute Gasteiger partial charge is 0.165 e. The average molecular weight is 393 g/mol. The summed E-state index contributed by atoms with van der Waals surface area (Å²) < 4.78 is 15.2. The Labute approximate surface area is 169 Å². The molecule has 2 saturated heterocycles. The molecular formula is C22H24FN5O. The number of aromatic nitrogens is 4. The molecule has 2 bridgehead atoms. The van der Waals surface area contributed by atoms with E-state index in [1.807, 2.05) is 22.9 Å². The molecule has 29 heavy (non-hydrogen) atoms. The van der Waals surface area contributed by atoms with E-state index in [0.717, 1.165) is 29.8 Å². The van der Waals surface area contributed by atoms with Crippen molar-refractivity contribution in [1.29, 1.82) is 0 Å². The molecule has 0 saturated carbocycles. The van der Waals surface area contributed by atoms with Gasteiger partial charge >= 0.3 is 0 Å². The predicted molar refractivity (Wildman–Crippen MR) is 105 cm³/mol. The zero-order chi connectivity index (χ0) is 19.8. The summed E-state index contributed by atoms with van der Waals surface area (Å²) in [5.41, 5.74) is 1.07. The number of tetrazole rings is 1. The van der Waals surface area contributed by atoms with Crippen molar-refractivity contribution in [2.24, 2.45) is 0 Å². The van der Waals surface area contributed by atoms with Crippen molar-refractivity contribution in [1.82, 2.24) is 25.1 Å².